The minimum Gasteiger partial charge on any atom is -0.505 e. The summed E-state index contributed by atoms with van der Waals surface area (Å²) in [4.78, 5) is 26.2. The van der Waals surface area contributed by atoms with Crippen molar-refractivity contribution >= 4 is 33.6 Å². The van der Waals surface area contributed by atoms with Gasteiger partial charge in [-0.3, -0.25) is 4.79 Å². The first-order chi connectivity index (χ1) is 12.6. The summed E-state index contributed by atoms with van der Waals surface area (Å²) in [5, 5.41) is 11.4. The average Bonchev–Trinajstić information content (AvgIpc) is 2.66. The average molecular weight is 365 g/mol. The van der Waals surface area contributed by atoms with Gasteiger partial charge >= 0.3 is 5.63 Å². The summed E-state index contributed by atoms with van der Waals surface area (Å²) in [5.41, 5.74) is -0.256. The zero-order chi connectivity index (χ0) is 18.3. The second-order valence-corrected chi connectivity index (χ2v) is 6.84. The molecule has 6 heteroatoms. The summed E-state index contributed by atoms with van der Waals surface area (Å²) in [5.74, 6) is -0.331. The quantitative estimate of drug-likeness (QED) is 0.556. The van der Waals surface area contributed by atoms with Crippen molar-refractivity contribution < 1.29 is 9.52 Å². The van der Waals surface area contributed by atoms with E-state index in [1.807, 2.05) is 43.3 Å². The molecule has 0 saturated heterocycles. The van der Waals surface area contributed by atoms with Gasteiger partial charge in [-0.1, -0.05) is 42.1 Å². The Morgan fingerprint density at radius 2 is 1.73 bits per heavy atom. The van der Waals surface area contributed by atoms with Crippen molar-refractivity contribution in [1.29, 1.82) is 0 Å². The Morgan fingerprint density at radius 1 is 1.04 bits per heavy atom. The van der Waals surface area contributed by atoms with E-state index in [0.717, 1.165) is 16.7 Å². The van der Waals surface area contributed by atoms with Gasteiger partial charge < -0.3 is 14.1 Å². The van der Waals surface area contributed by atoms with Crippen LogP contribution in [0.25, 0.3) is 21.9 Å². The first-order valence-corrected chi connectivity index (χ1v) is 8.97. The van der Waals surface area contributed by atoms with Crippen LogP contribution in [0.4, 0.5) is 0 Å². The molecule has 0 saturated carbocycles. The number of aromatic nitrogens is 1. The summed E-state index contributed by atoms with van der Waals surface area (Å²) in [7, 11) is 0. The lowest BCUT2D eigenvalue weighted by Crippen LogP contribution is -2.21. The molecular weight excluding hydrogens is 350 g/mol. The topological polar surface area (TPSA) is 72.4 Å². The third kappa shape index (κ3) is 2.50. The molecule has 2 aromatic heterocycles. The van der Waals surface area contributed by atoms with Crippen LogP contribution in [0.1, 0.15) is 6.92 Å². The Hall–Kier alpha value is -2.99. The Kier molecular flexibility index (Phi) is 4.05. The lowest BCUT2D eigenvalue weighted by atomic mass is 10.1. The number of para-hydroxylation sites is 1. The first kappa shape index (κ1) is 16.5. The molecule has 0 aliphatic carbocycles. The highest BCUT2D eigenvalue weighted by Crippen LogP contribution is 2.36. The molecule has 5 nitrogen and oxygen atoms in total. The normalized spacial score (nSPS) is 11.3. The minimum atomic E-state index is -0.664. The molecule has 4 aromatic rings. The highest BCUT2D eigenvalue weighted by molar-refractivity contribution is 7.99. The molecule has 0 bridgehead atoms. The van der Waals surface area contributed by atoms with Crippen molar-refractivity contribution in [3.63, 3.8) is 0 Å². The van der Waals surface area contributed by atoms with Gasteiger partial charge in [-0.15, -0.1) is 0 Å². The van der Waals surface area contributed by atoms with Crippen LogP contribution in [-0.4, -0.2) is 9.67 Å². The zero-order valence-electron chi connectivity index (χ0n) is 13.9. The number of aromatic hydroxyl groups is 1. The molecule has 0 aliphatic heterocycles. The predicted molar refractivity (Wildman–Crippen MR) is 102 cm³/mol. The first-order valence-electron chi connectivity index (χ1n) is 8.16. The van der Waals surface area contributed by atoms with Crippen LogP contribution >= 0.6 is 11.8 Å². The van der Waals surface area contributed by atoms with Gasteiger partial charge in [-0.2, -0.15) is 0 Å². The standard InChI is InChI=1S/C20H15NO4S/c1-2-21-14-11-7-6-10-13(14)17-15(19(21)23)16(22)18(20(24)25-17)26-12-8-4-3-5-9-12/h3-11,22H,2H2,1H3. The van der Waals surface area contributed by atoms with Crippen LogP contribution in [0.3, 0.4) is 0 Å². The molecule has 0 fully saturated rings. The molecule has 130 valence electrons. The number of hydrogen-bond donors (Lipinski definition) is 1. The molecular formula is C20H15NO4S. The molecule has 0 amide bonds. The van der Waals surface area contributed by atoms with Gasteiger partial charge in [0.25, 0.3) is 5.56 Å². The molecule has 26 heavy (non-hydrogen) atoms. The van der Waals surface area contributed by atoms with E-state index in [0.29, 0.717) is 17.4 Å². The van der Waals surface area contributed by atoms with E-state index in [1.165, 1.54) is 0 Å². The Bertz CT molecular complexity index is 1240. The van der Waals surface area contributed by atoms with Crippen molar-refractivity contribution in [2.75, 3.05) is 0 Å². The lowest BCUT2D eigenvalue weighted by molar-refractivity contribution is 0.446. The fraction of sp³-hybridized carbons (Fsp3) is 0.100. The van der Waals surface area contributed by atoms with Crippen molar-refractivity contribution in [2.45, 2.75) is 23.3 Å². The van der Waals surface area contributed by atoms with E-state index in [2.05, 4.69) is 0 Å². The fourth-order valence-corrected chi connectivity index (χ4v) is 3.90. The van der Waals surface area contributed by atoms with Gasteiger partial charge in [0.15, 0.2) is 11.3 Å². The van der Waals surface area contributed by atoms with Crippen LogP contribution in [-0.2, 0) is 6.54 Å². The third-order valence-electron chi connectivity index (χ3n) is 4.24. The number of rotatable bonds is 3. The van der Waals surface area contributed by atoms with Crippen molar-refractivity contribution in [2.24, 2.45) is 0 Å². The summed E-state index contributed by atoms with van der Waals surface area (Å²) in [6, 6.07) is 16.3. The van der Waals surface area contributed by atoms with Crippen molar-refractivity contribution in [1.82, 2.24) is 4.57 Å². The molecule has 2 heterocycles. The maximum Gasteiger partial charge on any atom is 0.354 e. The highest BCUT2D eigenvalue weighted by Gasteiger charge is 2.21. The number of hydrogen-bond acceptors (Lipinski definition) is 5. The summed E-state index contributed by atoms with van der Waals surface area (Å²) >= 11 is 1.08. The molecule has 0 aliphatic rings. The van der Waals surface area contributed by atoms with Crippen LogP contribution in [0.5, 0.6) is 5.75 Å². The van der Waals surface area contributed by atoms with Gasteiger partial charge in [0.05, 0.1) is 5.52 Å². The molecule has 0 unspecified atom stereocenters. The minimum absolute atomic E-state index is 0.0127. The SMILES string of the molecule is CCn1c(=O)c2c(O)c(Sc3ccccc3)c(=O)oc2c2ccccc21. The Morgan fingerprint density at radius 3 is 2.46 bits per heavy atom. The molecule has 2 aromatic carbocycles. The largest absolute Gasteiger partial charge is 0.505 e. The van der Waals surface area contributed by atoms with E-state index in [-0.39, 0.29) is 27.2 Å². The molecule has 0 atom stereocenters. The smallest absolute Gasteiger partial charge is 0.354 e. The zero-order valence-corrected chi connectivity index (χ0v) is 14.7. The number of fused-ring (bicyclic) bond motifs is 3. The number of pyridine rings is 1. The predicted octanol–water partition coefficient (Wildman–Crippen LogP) is 3.98. The monoisotopic (exact) mass is 365 g/mol. The highest BCUT2D eigenvalue weighted by atomic mass is 32.2. The van der Waals surface area contributed by atoms with E-state index in [1.54, 1.807) is 22.8 Å². The van der Waals surface area contributed by atoms with Gasteiger partial charge in [-0.25, -0.2) is 4.79 Å². The summed E-state index contributed by atoms with van der Waals surface area (Å²) in [6.07, 6.45) is 0. The van der Waals surface area contributed by atoms with E-state index >= 15 is 0 Å². The number of nitrogens with zero attached hydrogens (tertiary/aromatic N) is 1. The maximum atomic E-state index is 12.9. The molecule has 0 radical (unpaired) electrons. The van der Waals surface area contributed by atoms with E-state index in [4.69, 9.17) is 4.42 Å². The molecule has 1 N–H and O–H groups in total. The van der Waals surface area contributed by atoms with Gasteiger partial charge in [0, 0.05) is 16.8 Å². The van der Waals surface area contributed by atoms with Crippen LogP contribution in [0.15, 0.2) is 78.4 Å². The van der Waals surface area contributed by atoms with Crippen LogP contribution in [0.2, 0.25) is 0 Å². The third-order valence-corrected chi connectivity index (χ3v) is 5.31. The lowest BCUT2D eigenvalue weighted by Gasteiger charge is -2.12. The fourth-order valence-electron chi connectivity index (χ4n) is 3.05. The van der Waals surface area contributed by atoms with Crippen molar-refractivity contribution in [3.8, 4) is 5.75 Å². The van der Waals surface area contributed by atoms with Crippen molar-refractivity contribution in [3.05, 3.63) is 75.4 Å². The van der Waals surface area contributed by atoms with Gasteiger partial charge in [-0.05, 0) is 31.2 Å². The summed E-state index contributed by atoms with van der Waals surface area (Å²) in [6.45, 7) is 2.30. The molecule has 0 spiro atoms. The maximum absolute atomic E-state index is 12.9. The van der Waals surface area contributed by atoms with Gasteiger partial charge in [0.1, 0.15) is 10.3 Å². The van der Waals surface area contributed by atoms with E-state index < -0.39 is 5.63 Å². The number of aryl methyl sites for hydroxylation is 1. The second-order valence-electron chi connectivity index (χ2n) is 5.75. The Labute approximate surface area is 152 Å². The Balaban J connectivity index is 2.10. The van der Waals surface area contributed by atoms with Crippen LogP contribution in [0, 0.1) is 0 Å². The van der Waals surface area contributed by atoms with E-state index in [9.17, 15) is 14.7 Å². The van der Waals surface area contributed by atoms with Crippen LogP contribution < -0.4 is 11.2 Å². The number of benzene rings is 2. The summed E-state index contributed by atoms with van der Waals surface area (Å²) < 4.78 is 7.05. The molecule has 4 rings (SSSR count). The van der Waals surface area contributed by atoms with Gasteiger partial charge in [0.2, 0.25) is 0 Å². The second kappa shape index (κ2) is 6.38.